The second kappa shape index (κ2) is 9.98. The van der Waals surface area contributed by atoms with Crippen LogP contribution in [0.1, 0.15) is 44.2 Å². The van der Waals surface area contributed by atoms with Crippen molar-refractivity contribution in [1.82, 2.24) is 15.4 Å². The zero-order chi connectivity index (χ0) is 24.2. The molecule has 1 aliphatic rings. The number of hydrogen-bond acceptors (Lipinski definition) is 5. The second-order valence-corrected chi connectivity index (χ2v) is 7.95. The summed E-state index contributed by atoms with van der Waals surface area (Å²) in [6.45, 7) is 0.406. The monoisotopic (exact) mass is 489 g/mol. The van der Waals surface area contributed by atoms with Gasteiger partial charge in [-0.1, -0.05) is 11.6 Å². The minimum Gasteiger partial charge on any atom is -0.340 e. The van der Waals surface area contributed by atoms with Gasteiger partial charge in [0.2, 0.25) is 0 Å². The van der Waals surface area contributed by atoms with Crippen molar-refractivity contribution < 1.29 is 28.0 Å². The molecule has 1 aromatic heterocycles. The van der Waals surface area contributed by atoms with Gasteiger partial charge in [0, 0.05) is 11.4 Å². The first-order chi connectivity index (χ1) is 16.3. The molecule has 1 saturated carbocycles. The Morgan fingerprint density at radius 3 is 2.26 bits per heavy atom. The molecule has 0 bridgehead atoms. The standard InChI is InChI=1S/C22H18ClF2N5O4/c23-15-8-17(25)16(24)7-14(15)20(31)28-12-3-5-13(6-4-12)29-21(32)18-19(27-10-26-18)22(33)30-34-9-11-1-2-11/h3-8,10-11H,1-2,9H2,(H,26,27)(H,28,31)(H,29,32)(H,30,33). The lowest BCUT2D eigenvalue weighted by Gasteiger charge is -2.09. The van der Waals surface area contributed by atoms with Crippen LogP contribution in [0.15, 0.2) is 42.7 Å². The third kappa shape index (κ3) is 5.56. The molecule has 0 saturated heterocycles. The molecule has 1 fully saturated rings. The van der Waals surface area contributed by atoms with Crippen molar-refractivity contribution in [2.24, 2.45) is 5.92 Å². The number of amides is 3. The maximum absolute atomic E-state index is 13.4. The number of imidazole rings is 1. The van der Waals surface area contributed by atoms with Crippen molar-refractivity contribution in [3.8, 4) is 0 Å². The lowest BCUT2D eigenvalue weighted by atomic mass is 10.2. The van der Waals surface area contributed by atoms with Crippen LogP contribution in [0, 0.1) is 17.6 Å². The maximum Gasteiger partial charge on any atom is 0.295 e. The van der Waals surface area contributed by atoms with Gasteiger partial charge in [-0.25, -0.2) is 19.2 Å². The van der Waals surface area contributed by atoms with Gasteiger partial charge < -0.3 is 15.6 Å². The topological polar surface area (TPSA) is 125 Å². The number of carbonyl (C=O) groups is 3. The molecular formula is C22H18ClF2N5O4. The smallest absolute Gasteiger partial charge is 0.295 e. The van der Waals surface area contributed by atoms with Crippen LogP contribution in [0.5, 0.6) is 0 Å². The van der Waals surface area contributed by atoms with E-state index in [4.69, 9.17) is 16.4 Å². The molecule has 34 heavy (non-hydrogen) atoms. The highest BCUT2D eigenvalue weighted by Gasteiger charge is 2.24. The average Bonchev–Trinajstić information content (AvgIpc) is 3.49. The van der Waals surface area contributed by atoms with Crippen LogP contribution >= 0.6 is 11.6 Å². The van der Waals surface area contributed by atoms with Gasteiger partial charge in [0.25, 0.3) is 17.7 Å². The summed E-state index contributed by atoms with van der Waals surface area (Å²) >= 11 is 5.81. The first kappa shape index (κ1) is 23.3. The predicted octanol–water partition coefficient (Wildman–Crippen LogP) is 3.92. The summed E-state index contributed by atoms with van der Waals surface area (Å²) in [6.07, 6.45) is 3.34. The highest BCUT2D eigenvalue weighted by Crippen LogP contribution is 2.28. The Morgan fingerprint density at radius 2 is 1.62 bits per heavy atom. The Labute approximate surface area is 196 Å². The highest BCUT2D eigenvalue weighted by molar-refractivity contribution is 6.34. The van der Waals surface area contributed by atoms with E-state index >= 15 is 0 Å². The molecule has 12 heteroatoms. The minimum atomic E-state index is -1.20. The van der Waals surface area contributed by atoms with Crippen molar-refractivity contribution in [1.29, 1.82) is 0 Å². The van der Waals surface area contributed by atoms with E-state index in [1.807, 2.05) is 0 Å². The summed E-state index contributed by atoms with van der Waals surface area (Å²) in [7, 11) is 0. The Hall–Kier alpha value is -3.83. The zero-order valence-corrected chi connectivity index (χ0v) is 18.2. The molecule has 1 aliphatic carbocycles. The molecule has 0 radical (unpaired) electrons. The number of hydrogen-bond donors (Lipinski definition) is 4. The van der Waals surface area contributed by atoms with Crippen molar-refractivity contribution >= 4 is 40.7 Å². The van der Waals surface area contributed by atoms with Crippen LogP contribution < -0.4 is 16.1 Å². The molecule has 0 aliphatic heterocycles. The van der Waals surface area contributed by atoms with Gasteiger partial charge in [-0.05, 0) is 55.2 Å². The molecule has 176 valence electrons. The van der Waals surface area contributed by atoms with Gasteiger partial charge in [-0.15, -0.1) is 0 Å². The van der Waals surface area contributed by atoms with Crippen LogP contribution in [-0.4, -0.2) is 34.3 Å². The number of halogens is 3. The Morgan fingerprint density at radius 1 is 1.00 bits per heavy atom. The van der Waals surface area contributed by atoms with Crippen LogP contribution in [0.3, 0.4) is 0 Å². The van der Waals surface area contributed by atoms with Crippen molar-refractivity contribution in [3.05, 3.63) is 76.3 Å². The largest absolute Gasteiger partial charge is 0.340 e. The molecule has 0 atom stereocenters. The zero-order valence-electron chi connectivity index (χ0n) is 17.5. The number of nitrogens with zero attached hydrogens (tertiary/aromatic N) is 1. The molecule has 9 nitrogen and oxygen atoms in total. The van der Waals surface area contributed by atoms with E-state index in [1.54, 1.807) is 0 Å². The number of anilines is 2. The first-order valence-corrected chi connectivity index (χ1v) is 10.5. The van der Waals surface area contributed by atoms with E-state index in [1.165, 1.54) is 30.6 Å². The predicted molar refractivity (Wildman–Crippen MR) is 118 cm³/mol. The average molecular weight is 490 g/mol. The molecule has 0 unspecified atom stereocenters. The summed E-state index contributed by atoms with van der Waals surface area (Å²) in [5.41, 5.74) is 2.53. The number of hydroxylamine groups is 1. The summed E-state index contributed by atoms with van der Waals surface area (Å²) in [4.78, 5) is 48.7. The lowest BCUT2D eigenvalue weighted by molar-refractivity contribution is 0.0265. The summed E-state index contributed by atoms with van der Waals surface area (Å²) in [5.74, 6) is -3.92. The quantitative estimate of drug-likeness (QED) is 0.282. The maximum atomic E-state index is 13.4. The number of aromatic amines is 1. The number of benzene rings is 2. The Bertz CT molecular complexity index is 1240. The van der Waals surface area contributed by atoms with Crippen LogP contribution in [0.2, 0.25) is 5.02 Å². The highest BCUT2D eigenvalue weighted by atomic mass is 35.5. The van der Waals surface area contributed by atoms with Crippen molar-refractivity contribution in [2.45, 2.75) is 12.8 Å². The van der Waals surface area contributed by atoms with Gasteiger partial charge in [0.1, 0.15) is 5.69 Å². The second-order valence-electron chi connectivity index (χ2n) is 7.54. The van der Waals surface area contributed by atoms with Gasteiger partial charge in [-0.3, -0.25) is 19.2 Å². The molecule has 4 rings (SSSR count). The third-order valence-corrected chi connectivity index (χ3v) is 5.23. The number of rotatable bonds is 8. The van der Waals surface area contributed by atoms with Crippen molar-refractivity contribution in [2.75, 3.05) is 17.2 Å². The first-order valence-electron chi connectivity index (χ1n) is 10.1. The molecule has 3 amide bonds. The molecule has 3 aromatic rings. The van der Waals surface area contributed by atoms with Gasteiger partial charge in [-0.2, -0.15) is 0 Å². The van der Waals surface area contributed by atoms with Crippen molar-refractivity contribution in [3.63, 3.8) is 0 Å². The molecule has 0 spiro atoms. The Kier molecular flexibility index (Phi) is 6.85. The molecule has 2 aromatic carbocycles. The van der Waals surface area contributed by atoms with E-state index < -0.39 is 29.4 Å². The molecular weight excluding hydrogens is 472 g/mol. The Balaban J connectivity index is 1.36. The summed E-state index contributed by atoms with van der Waals surface area (Å²) < 4.78 is 26.6. The summed E-state index contributed by atoms with van der Waals surface area (Å²) in [5, 5.41) is 4.87. The lowest BCUT2D eigenvalue weighted by Crippen LogP contribution is -2.27. The van der Waals surface area contributed by atoms with Gasteiger partial charge in [0.15, 0.2) is 17.3 Å². The van der Waals surface area contributed by atoms with Crippen LogP contribution in [0.4, 0.5) is 20.2 Å². The fourth-order valence-corrected chi connectivity index (χ4v) is 3.16. The van der Waals surface area contributed by atoms with E-state index in [0.29, 0.717) is 36.0 Å². The summed E-state index contributed by atoms with van der Waals surface area (Å²) in [6, 6.07) is 7.37. The molecule has 4 N–H and O–H groups in total. The number of aromatic nitrogens is 2. The fraction of sp³-hybridized carbons (Fsp3) is 0.182. The molecule has 1 heterocycles. The van der Waals surface area contributed by atoms with E-state index in [-0.39, 0.29) is 22.0 Å². The number of carbonyl (C=O) groups excluding carboxylic acids is 3. The fourth-order valence-electron chi connectivity index (χ4n) is 2.92. The normalized spacial score (nSPS) is 12.8. The third-order valence-electron chi connectivity index (χ3n) is 4.92. The van der Waals surface area contributed by atoms with E-state index in [2.05, 4.69) is 26.1 Å². The van der Waals surface area contributed by atoms with Gasteiger partial charge >= 0.3 is 0 Å². The van der Waals surface area contributed by atoms with Crippen LogP contribution in [0.25, 0.3) is 0 Å². The van der Waals surface area contributed by atoms with E-state index in [9.17, 15) is 23.2 Å². The number of nitrogens with one attached hydrogen (secondary N) is 4. The van der Waals surface area contributed by atoms with Gasteiger partial charge in [0.05, 0.1) is 23.5 Å². The van der Waals surface area contributed by atoms with Crippen LogP contribution in [-0.2, 0) is 4.84 Å². The minimum absolute atomic E-state index is 0.0575. The number of H-pyrrole nitrogens is 1. The van der Waals surface area contributed by atoms with E-state index in [0.717, 1.165) is 12.8 Å². The SMILES string of the molecule is O=C(Nc1ccc(NC(=O)c2[nH]cnc2C(=O)NOCC2CC2)cc1)c1cc(F)c(F)cc1Cl.